The van der Waals surface area contributed by atoms with Crippen molar-refractivity contribution in [2.75, 3.05) is 13.1 Å². The molecule has 1 saturated heterocycles. The van der Waals surface area contributed by atoms with Crippen LogP contribution in [-0.2, 0) is 6.42 Å². The fourth-order valence-electron chi connectivity index (χ4n) is 5.49. The molecule has 2 N–H and O–H groups in total. The summed E-state index contributed by atoms with van der Waals surface area (Å²) in [4.78, 5) is 14.1. The summed E-state index contributed by atoms with van der Waals surface area (Å²) in [5, 5.41) is 20.7. The van der Waals surface area contributed by atoms with Gasteiger partial charge in [-0.05, 0) is 74.9 Å². The molecule has 2 aromatic rings. The van der Waals surface area contributed by atoms with Gasteiger partial charge in [0.25, 0.3) is 0 Å². The molecule has 31 heavy (non-hydrogen) atoms. The van der Waals surface area contributed by atoms with Gasteiger partial charge < -0.3 is 14.9 Å². The normalized spacial score (nSPS) is 25.9. The highest BCUT2D eigenvalue weighted by atomic mass is 16.5. The number of phenols is 2. The van der Waals surface area contributed by atoms with E-state index < -0.39 is 0 Å². The third-order valence-electron chi connectivity index (χ3n) is 6.97. The van der Waals surface area contributed by atoms with Gasteiger partial charge in [0.1, 0.15) is 23.4 Å². The van der Waals surface area contributed by atoms with E-state index in [1.165, 1.54) is 25.3 Å². The zero-order valence-corrected chi connectivity index (χ0v) is 18.7. The molecule has 0 bridgehead atoms. The average molecular weight is 424 g/mol. The van der Waals surface area contributed by atoms with Crippen LogP contribution in [0.4, 0.5) is 0 Å². The van der Waals surface area contributed by atoms with Crippen molar-refractivity contribution >= 4 is 5.78 Å². The standard InChI is InChI=1S/C26H33NO4/c1-4-10-26(3)11-5-12-27(16-26)23-15-21-22(13-19(29)14-24(21)30)25(23)31-20-8-6-18(7-9-20)17(2)28/h6-9,13-14,23,25,29-30H,4-5,10-12,15-16H2,1-3H3. The number of ketones is 1. The first kappa shape index (κ1) is 21.7. The van der Waals surface area contributed by atoms with E-state index in [9.17, 15) is 15.0 Å². The van der Waals surface area contributed by atoms with Crippen molar-refractivity contribution < 1.29 is 19.7 Å². The Morgan fingerprint density at radius 2 is 1.97 bits per heavy atom. The smallest absolute Gasteiger partial charge is 0.159 e. The van der Waals surface area contributed by atoms with E-state index in [-0.39, 0.29) is 29.4 Å². The Labute approximate surface area is 184 Å². The summed E-state index contributed by atoms with van der Waals surface area (Å²) in [6, 6.07) is 10.4. The number of nitrogens with zero attached hydrogens (tertiary/aromatic N) is 1. The van der Waals surface area contributed by atoms with Crippen molar-refractivity contribution in [3.8, 4) is 17.2 Å². The van der Waals surface area contributed by atoms with Crippen molar-refractivity contribution in [2.24, 2.45) is 5.41 Å². The molecule has 0 aromatic heterocycles. The van der Waals surface area contributed by atoms with Crippen LogP contribution in [0.15, 0.2) is 36.4 Å². The van der Waals surface area contributed by atoms with Gasteiger partial charge in [-0.3, -0.25) is 9.69 Å². The van der Waals surface area contributed by atoms with E-state index in [0.29, 0.717) is 23.1 Å². The Hall–Kier alpha value is -2.53. The Bertz CT molecular complexity index is 951. The number of hydrogen-bond acceptors (Lipinski definition) is 5. The van der Waals surface area contributed by atoms with Gasteiger partial charge in [-0.1, -0.05) is 20.3 Å². The predicted octanol–water partition coefficient (Wildman–Crippen LogP) is 5.25. The minimum atomic E-state index is -0.292. The van der Waals surface area contributed by atoms with Crippen LogP contribution < -0.4 is 4.74 Å². The highest BCUT2D eigenvalue weighted by Gasteiger charge is 2.43. The first-order chi connectivity index (χ1) is 14.8. The Balaban J connectivity index is 1.65. The summed E-state index contributed by atoms with van der Waals surface area (Å²) in [6.45, 7) is 8.19. The molecule has 3 unspecified atom stereocenters. The molecule has 3 atom stereocenters. The van der Waals surface area contributed by atoms with Gasteiger partial charge in [0, 0.05) is 29.3 Å². The number of piperidine rings is 1. The molecule has 5 nitrogen and oxygen atoms in total. The van der Waals surface area contributed by atoms with E-state index in [4.69, 9.17) is 4.74 Å². The second-order valence-corrected chi connectivity index (χ2v) is 9.56. The number of rotatable bonds is 6. The summed E-state index contributed by atoms with van der Waals surface area (Å²) in [6.07, 6.45) is 5.17. The molecule has 2 aromatic carbocycles. The number of carbonyl (C=O) groups is 1. The second kappa shape index (κ2) is 8.54. The number of Topliss-reactive ketones (excluding diaryl/α,β-unsaturated/α-hetero) is 1. The number of fused-ring (bicyclic) bond motifs is 1. The van der Waals surface area contributed by atoms with E-state index in [0.717, 1.165) is 30.6 Å². The van der Waals surface area contributed by atoms with Gasteiger partial charge in [0.05, 0.1) is 6.04 Å². The number of aromatic hydroxyl groups is 2. The minimum absolute atomic E-state index is 0.0222. The highest BCUT2D eigenvalue weighted by molar-refractivity contribution is 5.94. The first-order valence-corrected chi connectivity index (χ1v) is 11.4. The maximum atomic E-state index is 11.6. The molecule has 0 saturated carbocycles. The number of ether oxygens (including phenoxy) is 1. The lowest BCUT2D eigenvalue weighted by molar-refractivity contribution is 0.0151. The van der Waals surface area contributed by atoms with Gasteiger partial charge >= 0.3 is 0 Å². The van der Waals surface area contributed by atoms with E-state index in [1.54, 1.807) is 25.1 Å². The van der Waals surface area contributed by atoms with Crippen molar-refractivity contribution in [2.45, 2.75) is 65.0 Å². The fourth-order valence-corrected chi connectivity index (χ4v) is 5.49. The second-order valence-electron chi connectivity index (χ2n) is 9.56. The maximum absolute atomic E-state index is 11.6. The van der Waals surface area contributed by atoms with Crippen LogP contribution in [-0.4, -0.2) is 40.0 Å². The summed E-state index contributed by atoms with van der Waals surface area (Å²) in [5.74, 6) is 0.885. The number of benzene rings is 2. The Morgan fingerprint density at radius 1 is 1.23 bits per heavy atom. The van der Waals surface area contributed by atoms with Crippen molar-refractivity contribution in [3.63, 3.8) is 0 Å². The molecule has 0 spiro atoms. The third-order valence-corrected chi connectivity index (χ3v) is 6.97. The van der Waals surface area contributed by atoms with Crippen LogP contribution in [0.3, 0.4) is 0 Å². The quantitative estimate of drug-likeness (QED) is 0.621. The molecule has 1 aliphatic heterocycles. The topological polar surface area (TPSA) is 70.0 Å². The zero-order chi connectivity index (χ0) is 22.2. The van der Waals surface area contributed by atoms with Crippen LogP contribution in [0.2, 0.25) is 0 Å². The fraction of sp³-hybridized carbons (Fsp3) is 0.500. The largest absolute Gasteiger partial charge is 0.508 e. The maximum Gasteiger partial charge on any atom is 0.159 e. The molecule has 2 aliphatic rings. The Kier molecular flexibility index (Phi) is 5.98. The van der Waals surface area contributed by atoms with Gasteiger partial charge in [-0.2, -0.15) is 0 Å². The highest BCUT2D eigenvalue weighted by Crippen LogP contribution is 2.46. The van der Waals surface area contributed by atoms with E-state index >= 15 is 0 Å². The molecule has 4 rings (SSSR count). The Morgan fingerprint density at radius 3 is 2.65 bits per heavy atom. The van der Waals surface area contributed by atoms with Gasteiger partial charge in [-0.25, -0.2) is 0 Å². The lowest BCUT2D eigenvalue weighted by atomic mass is 9.77. The summed E-state index contributed by atoms with van der Waals surface area (Å²) >= 11 is 0. The van der Waals surface area contributed by atoms with E-state index in [1.807, 2.05) is 12.1 Å². The van der Waals surface area contributed by atoms with Crippen molar-refractivity contribution in [3.05, 3.63) is 53.1 Å². The van der Waals surface area contributed by atoms with Crippen LogP contribution in [0.1, 0.15) is 74.0 Å². The zero-order valence-electron chi connectivity index (χ0n) is 18.7. The molecular weight excluding hydrogens is 390 g/mol. The molecule has 1 fully saturated rings. The minimum Gasteiger partial charge on any atom is -0.508 e. The average Bonchev–Trinajstić information content (AvgIpc) is 3.07. The first-order valence-electron chi connectivity index (χ1n) is 11.4. The molecular formula is C26H33NO4. The van der Waals surface area contributed by atoms with Crippen molar-refractivity contribution in [1.29, 1.82) is 0 Å². The van der Waals surface area contributed by atoms with Gasteiger partial charge in [0.2, 0.25) is 0 Å². The summed E-state index contributed by atoms with van der Waals surface area (Å²) in [7, 11) is 0. The lowest BCUT2D eigenvalue weighted by Gasteiger charge is -2.44. The predicted molar refractivity (Wildman–Crippen MR) is 121 cm³/mol. The number of carbonyl (C=O) groups excluding carboxylic acids is 1. The third kappa shape index (κ3) is 4.42. The van der Waals surface area contributed by atoms with Crippen LogP contribution in [0, 0.1) is 5.41 Å². The van der Waals surface area contributed by atoms with Crippen LogP contribution >= 0.6 is 0 Å². The van der Waals surface area contributed by atoms with Crippen LogP contribution in [0.25, 0.3) is 0 Å². The summed E-state index contributed by atoms with van der Waals surface area (Å²) < 4.78 is 6.47. The van der Waals surface area contributed by atoms with Crippen LogP contribution in [0.5, 0.6) is 17.2 Å². The monoisotopic (exact) mass is 423 g/mol. The van der Waals surface area contributed by atoms with Gasteiger partial charge in [0.15, 0.2) is 5.78 Å². The number of hydrogen-bond donors (Lipinski definition) is 2. The number of likely N-dealkylation sites (tertiary alicyclic amines) is 1. The molecule has 1 aliphatic carbocycles. The lowest BCUT2D eigenvalue weighted by Crippen LogP contribution is -2.49. The molecule has 0 amide bonds. The SMILES string of the molecule is CCCC1(C)CCCN(C2Cc3c(O)cc(O)cc3C2Oc2ccc(C(C)=O)cc2)C1. The number of phenolic OH excluding ortho intramolecular Hbond substituents is 2. The van der Waals surface area contributed by atoms with E-state index in [2.05, 4.69) is 18.7 Å². The molecule has 1 heterocycles. The van der Waals surface area contributed by atoms with Crippen molar-refractivity contribution in [1.82, 2.24) is 4.90 Å². The molecule has 0 radical (unpaired) electrons. The molecule has 166 valence electrons. The van der Waals surface area contributed by atoms with Gasteiger partial charge in [-0.15, -0.1) is 0 Å². The molecule has 5 heteroatoms. The summed E-state index contributed by atoms with van der Waals surface area (Å²) in [5.41, 5.74) is 2.65.